The number of amides is 1. The molecule has 21 heavy (non-hydrogen) atoms. The molecule has 0 aliphatic rings. The van der Waals surface area contributed by atoms with Crippen LogP contribution in [0.25, 0.3) is 0 Å². The molecule has 0 fully saturated rings. The molecule has 0 aliphatic carbocycles. The number of aromatic nitrogens is 1. The maximum absolute atomic E-state index is 11.2. The van der Waals surface area contributed by atoms with Crippen LogP contribution in [0.5, 0.6) is 0 Å². The molecule has 0 saturated carbocycles. The number of pyridine rings is 1. The second-order valence-corrected chi connectivity index (χ2v) is 4.63. The second kappa shape index (κ2) is 8.53. The lowest BCUT2D eigenvalue weighted by Gasteiger charge is -2.29. The Kier molecular flexibility index (Phi) is 7.03. The number of hydrogen-bond acceptors (Lipinski definition) is 7. The average molecular weight is 299 g/mol. The molecular formula is C13H21N3O5. The smallest absolute Gasteiger partial charge is 0.217 e. The van der Waals surface area contributed by atoms with E-state index in [0.717, 1.165) is 0 Å². The largest absolute Gasteiger partial charge is 0.394 e. The van der Waals surface area contributed by atoms with Crippen LogP contribution in [0.15, 0.2) is 24.4 Å². The van der Waals surface area contributed by atoms with Gasteiger partial charge in [-0.25, -0.2) is 4.98 Å². The maximum Gasteiger partial charge on any atom is 0.217 e. The van der Waals surface area contributed by atoms with Gasteiger partial charge in [0.05, 0.1) is 12.6 Å². The van der Waals surface area contributed by atoms with E-state index in [0.29, 0.717) is 5.82 Å². The van der Waals surface area contributed by atoms with E-state index in [9.17, 15) is 20.1 Å². The molecule has 0 aliphatic heterocycles. The number of carbonyl (C=O) groups is 1. The molecule has 0 unspecified atom stereocenters. The summed E-state index contributed by atoms with van der Waals surface area (Å²) in [7, 11) is 0. The maximum atomic E-state index is 11.2. The molecule has 8 nitrogen and oxygen atoms in total. The summed E-state index contributed by atoms with van der Waals surface area (Å²) >= 11 is 0. The molecule has 118 valence electrons. The summed E-state index contributed by atoms with van der Waals surface area (Å²) in [6, 6.07) is 4.35. The average Bonchev–Trinajstić information content (AvgIpc) is 2.49. The van der Waals surface area contributed by atoms with Gasteiger partial charge in [-0.05, 0) is 12.1 Å². The molecule has 6 N–H and O–H groups in total. The van der Waals surface area contributed by atoms with E-state index >= 15 is 0 Å². The van der Waals surface area contributed by atoms with Gasteiger partial charge in [0.1, 0.15) is 24.1 Å². The Bertz CT molecular complexity index is 431. The number of rotatable bonds is 8. The van der Waals surface area contributed by atoms with Gasteiger partial charge in [-0.2, -0.15) is 0 Å². The quantitative estimate of drug-likeness (QED) is 0.329. The Morgan fingerprint density at radius 3 is 2.52 bits per heavy atom. The highest BCUT2D eigenvalue weighted by Gasteiger charge is 2.31. The van der Waals surface area contributed by atoms with Crippen molar-refractivity contribution < 1.29 is 25.2 Å². The predicted molar refractivity (Wildman–Crippen MR) is 75.4 cm³/mol. The van der Waals surface area contributed by atoms with Gasteiger partial charge in [0, 0.05) is 19.7 Å². The van der Waals surface area contributed by atoms with Gasteiger partial charge in [-0.15, -0.1) is 0 Å². The van der Waals surface area contributed by atoms with Crippen molar-refractivity contribution in [1.29, 1.82) is 0 Å². The van der Waals surface area contributed by atoms with Gasteiger partial charge in [0.25, 0.3) is 0 Å². The molecule has 1 amide bonds. The minimum atomic E-state index is -1.59. The number of aliphatic hydroxyl groups excluding tert-OH is 4. The van der Waals surface area contributed by atoms with E-state index in [-0.39, 0.29) is 6.54 Å². The summed E-state index contributed by atoms with van der Waals surface area (Å²) in [5.41, 5.74) is 0. The van der Waals surface area contributed by atoms with Gasteiger partial charge < -0.3 is 31.1 Å². The van der Waals surface area contributed by atoms with Crippen LogP contribution in [0, 0.1) is 0 Å². The molecule has 1 aromatic rings. The molecule has 1 heterocycles. The van der Waals surface area contributed by atoms with Crippen molar-refractivity contribution in [1.82, 2.24) is 10.3 Å². The molecule has 0 aromatic carbocycles. The Labute approximate surface area is 122 Å². The topological polar surface area (TPSA) is 135 Å². The van der Waals surface area contributed by atoms with Crippen LogP contribution >= 0.6 is 0 Å². The van der Waals surface area contributed by atoms with Crippen molar-refractivity contribution >= 4 is 11.7 Å². The molecule has 0 saturated heterocycles. The Balaban J connectivity index is 2.68. The van der Waals surface area contributed by atoms with E-state index < -0.39 is 36.9 Å². The van der Waals surface area contributed by atoms with Crippen LogP contribution in [0.4, 0.5) is 5.82 Å². The van der Waals surface area contributed by atoms with Crippen molar-refractivity contribution in [3.63, 3.8) is 0 Å². The van der Waals surface area contributed by atoms with Crippen LogP contribution in [0.3, 0.4) is 0 Å². The van der Waals surface area contributed by atoms with E-state index in [1.807, 2.05) is 0 Å². The third-order valence-corrected chi connectivity index (χ3v) is 2.90. The SMILES string of the molecule is CC(=O)N[C@@H](CNc1ccccn1)[C@@H](O)[C@H](O)[C@H](O)CO. The highest BCUT2D eigenvalue weighted by Crippen LogP contribution is 2.07. The van der Waals surface area contributed by atoms with Crippen molar-refractivity contribution in [2.75, 3.05) is 18.5 Å². The first-order chi connectivity index (χ1) is 9.95. The fraction of sp³-hybridized carbons (Fsp3) is 0.538. The molecule has 1 aromatic heterocycles. The number of nitrogens with one attached hydrogen (secondary N) is 2. The Hall–Kier alpha value is -1.74. The molecule has 8 heteroatoms. The summed E-state index contributed by atoms with van der Waals surface area (Å²) in [5, 5.41) is 43.3. The third-order valence-electron chi connectivity index (χ3n) is 2.90. The van der Waals surface area contributed by atoms with Crippen LogP contribution < -0.4 is 10.6 Å². The van der Waals surface area contributed by atoms with Crippen LogP contribution in [-0.4, -0.2) is 68.8 Å². The minimum Gasteiger partial charge on any atom is -0.394 e. The first kappa shape index (κ1) is 17.3. The fourth-order valence-electron chi connectivity index (χ4n) is 1.77. The van der Waals surface area contributed by atoms with Gasteiger partial charge in [-0.1, -0.05) is 6.07 Å². The van der Waals surface area contributed by atoms with Crippen molar-refractivity contribution in [2.45, 2.75) is 31.3 Å². The number of carbonyl (C=O) groups excluding carboxylic acids is 1. The first-order valence-electron chi connectivity index (χ1n) is 6.52. The molecule has 4 atom stereocenters. The Morgan fingerprint density at radius 2 is 2.00 bits per heavy atom. The monoisotopic (exact) mass is 299 g/mol. The summed E-state index contributed by atoms with van der Waals surface area (Å²) < 4.78 is 0. The lowest BCUT2D eigenvalue weighted by molar-refractivity contribution is -0.123. The predicted octanol–water partition coefficient (Wildman–Crippen LogP) is -1.93. The van der Waals surface area contributed by atoms with Gasteiger partial charge >= 0.3 is 0 Å². The molecule has 0 spiro atoms. The molecule has 0 bridgehead atoms. The zero-order chi connectivity index (χ0) is 15.8. The van der Waals surface area contributed by atoms with Crippen molar-refractivity contribution in [3.8, 4) is 0 Å². The fourth-order valence-corrected chi connectivity index (χ4v) is 1.77. The van der Waals surface area contributed by atoms with E-state index in [1.54, 1.807) is 24.4 Å². The zero-order valence-corrected chi connectivity index (χ0v) is 11.7. The van der Waals surface area contributed by atoms with Crippen LogP contribution in [0.2, 0.25) is 0 Å². The number of anilines is 1. The van der Waals surface area contributed by atoms with Crippen LogP contribution in [-0.2, 0) is 4.79 Å². The summed E-state index contributed by atoms with van der Waals surface area (Å²) in [6.07, 6.45) is -2.95. The van der Waals surface area contributed by atoms with E-state index in [4.69, 9.17) is 5.11 Å². The number of aliphatic hydroxyl groups is 4. The molecule has 1 rings (SSSR count). The van der Waals surface area contributed by atoms with Gasteiger partial charge in [0.2, 0.25) is 5.91 Å². The van der Waals surface area contributed by atoms with E-state index in [1.165, 1.54) is 6.92 Å². The minimum absolute atomic E-state index is 0.0902. The zero-order valence-electron chi connectivity index (χ0n) is 11.7. The number of hydrogen-bond donors (Lipinski definition) is 6. The third kappa shape index (κ3) is 5.64. The lowest BCUT2D eigenvalue weighted by Crippen LogP contribution is -2.55. The normalized spacial score (nSPS) is 16.6. The van der Waals surface area contributed by atoms with Gasteiger partial charge in [-0.3, -0.25) is 4.79 Å². The first-order valence-corrected chi connectivity index (χ1v) is 6.52. The number of nitrogens with zero attached hydrogens (tertiary/aromatic N) is 1. The van der Waals surface area contributed by atoms with E-state index in [2.05, 4.69) is 15.6 Å². The van der Waals surface area contributed by atoms with Crippen LogP contribution in [0.1, 0.15) is 6.92 Å². The van der Waals surface area contributed by atoms with Crippen molar-refractivity contribution in [2.24, 2.45) is 0 Å². The van der Waals surface area contributed by atoms with Gasteiger partial charge in [0.15, 0.2) is 0 Å². The summed E-state index contributed by atoms with van der Waals surface area (Å²) in [4.78, 5) is 15.2. The highest BCUT2D eigenvalue weighted by atomic mass is 16.4. The summed E-state index contributed by atoms with van der Waals surface area (Å²) in [5.74, 6) is 0.143. The standard InChI is InChI=1S/C13H21N3O5/c1-8(18)16-9(12(20)13(21)10(19)7-17)6-15-11-4-2-3-5-14-11/h2-5,9-10,12-13,17,19-21H,6-7H2,1H3,(H,14,15)(H,16,18)/t9-,10+,12+,13+/m0/s1. The second-order valence-electron chi connectivity index (χ2n) is 4.63. The lowest BCUT2D eigenvalue weighted by atomic mass is 10.0. The molecular weight excluding hydrogens is 278 g/mol. The Morgan fingerprint density at radius 1 is 1.29 bits per heavy atom. The molecule has 0 radical (unpaired) electrons. The van der Waals surface area contributed by atoms with Crippen molar-refractivity contribution in [3.05, 3.63) is 24.4 Å². The summed E-state index contributed by atoms with van der Waals surface area (Å²) in [6.45, 7) is 0.668. The highest BCUT2D eigenvalue weighted by molar-refractivity contribution is 5.73.